The first-order chi connectivity index (χ1) is 9.36. The number of nitrogens with one attached hydrogen (secondary N) is 2. The van der Waals surface area contributed by atoms with Crippen LogP contribution in [-0.4, -0.2) is 26.8 Å². The van der Waals surface area contributed by atoms with Crippen molar-refractivity contribution >= 4 is 0 Å². The van der Waals surface area contributed by atoms with Crippen molar-refractivity contribution in [3.8, 4) is 0 Å². The molecule has 5 heteroatoms. The van der Waals surface area contributed by atoms with E-state index in [2.05, 4.69) is 32.2 Å². The summed E-state index contributed by atoms with van der Waals surface area (Å²) in [5.74, 6) is 0.970. The fourth-order valence-corrected chi connectivity index (χ4v) is 2.87. The summed E-state index contributed by atoms with van der Waals surface area (Å²) in [5, 5.41) is 8.01. The highest BCUT2D eigenvalue weighted by atomic mass is 15.3. The number of hydrogen-bond donors (Lipinski definition) is 2. The standard InChI is InChI=1S/C14H21N5/c1-15-13(14-16-7-8-17-14)10-11-6-9-19(18-11)12-4-2-3-5-12/h6-9,12-13,15H,2-5,10H2,1H3,(H,16,17). The summed E-state index contributed by atoms with van der Waals surface area (Å²) >= 11 is 0. The van der Waals surface area contributed by atoms with E-state index in [4.69, 9.17) is 5.10 Å². The van der Waals surface area contributed by atoms with Crippen LogP contribution >= 0.6 is 0 Å². The number of H-pyrrole nitrogens is 1. The van der Waals surface area contributed by atoms with Gasteiger partial charge in [0.2, 0.25) is 0 Å². The third-order valence-corrected chi connectivity index (χ3v) is 3.97. The van der Waals surface area contributed by atoms with Gasteiger partial charge < -0.3 is 10.3 Å². The molecule has 0 aromatic carbocycles. The highest BCUT2D eigenvalue weighted by Crippen LogP contribution is 2.29. The zero-order valence-corrected chi connectivity index (χ0v) is 11.3. The SMILES string of the molecule is CNC(Cc1ccn(C2CCCC2)n1)c1ncc[nH]1. The van der Waals surface area contributed by atoms with E-state index in [0.717, 1.165) is 17.9 Å². The Labute approximate surface area is 113 Å². The van der Waals surface area contributed by atoms with Gasteiger partial charge in [-0.25, -0.2) is 4.98 Å². The molecule has 1 unspecified atom stereocenters. The first-order valence-electron chi connectivity index (χ1n) is 7.07. The molecule has 1 atom stereocenters. The normalized spacial score (nSPS) is 17.9. The Kier molecular flexibility index (Phi) is 3.64. The molecule has 0 radical (unpaired) electrons. The lowest BCUT2D eigenvalue weighted by molar-refractivity contribution is 0.458. The molecule has 1 aliphatic rings. The van der Waals surface area contributed by atoms with Crippen LogP contribution in [0.1, 0.15) is 49.3 Å². The molecule has 2 heterocycles. The van der Waals surface area contributed by atoms with Crippen molar-refractivity contribution in [3.05, 3.63) is 36.2 Å². The highest BCUT2D eigenvalue weighted by Gasteiger charge is 2.19. The second-order valence-electron chi connectivity index (χ2n) is 5.25. The van der Waals surface area contributed by atoms with Gasteiger partial charge in [0, 0.05) is 25.0 Å². The molecule has 2 aromatic rings. The number of imidazole rings is 1. The molecule has 0 saturated heterocycles. The Morgan fingerprint density at radius 3 is 3.00 bits per heavy atom. The summed E-state index contributed by atoms with van der Waals surface area (Å²) < 4.78 is 2.15. The van der Waals surface area contributed by atoms with Gasteiger partial charge in [-0.1, -0.05) is 12.8 Å². The molecule has 1 saturated carbocycles. The Morgan fingerprint density at radius 1 is 1.47 bits per heavy atom. The molecule has 102 valence electrons. The van der Waals surface area contributed by atoms with Crippen LogP contribution in [0.3, 0.4) is 0 Å². The van der Waals surface area contributed by atoms with Crippen LogP contribution in [0.2, 0.25) is 0 Å². The average Bonchev–Trinajstić information content (AvgIpc) is 3.15. The van der Waals surface area contributed by atoms with Crippen molar-refractivity contribution < 1.29 is 0 Å². The highest BCUT2D eigenvalue weighted by molar-refractivity contribution is 5.07. The van der Waals surface area contributed by atoms with Crippen molar-refractivity contribution in [3.63, 3.8) is 0 Å². The predicted molar refractivity (Wildman–Crippen MR) is 73.8 cm³/mol. The Hall–Kier alpha value is -1.62. The summed E-state index contributed by atoms with van der Waals surface area (Å²) in [7, 11) is 1.96. The third-order valence-electron chi connectivity index (χ3n) is 3.97. The number of aromatic nitrogens is 4. The largest absolute Gasteiger partial charge is 0.347 e. The Bertz CT molecular complexity index is 496. The number of rotatable bonds is 5. The maximum atomic E-state index is 4.72. The first-order valence-corrected chi connectivity index (χ1v) is 7.07. The van der Waals surface area contributed by atoms with Gasteiger partial charge in [0.1, 0.15) is 5.82 Å². The smallest absolute Gasteiger partial charge is 0.123 e. The van der Waals surface area contributed by atoms with Gasteiger partial charge >= 0.3 is 0 Å². The van der Waals surface area contributed by atoms with Crippen LogP contribution in [0.15, 0.2) is 24.7 Å². The predicted octanol–water partition coefficient (Wildman–Crippen LogP) is 2.22. The second-order valence-corrected chi connectivity index (χ2v) is 5.25. The molecule has 0 amide bonds. The Morgan fingerprint density at radius 2 is 2.32 bits per heavy atom. The summed E-state index contributed by atoms with van der Waals surface area (Å²) in [6, 6.07) is 2.94. The van der Waals surface area contributed by atoms with Gasteiger partial charge in [0.25, 0.3) is 0 Å². The van der Waals surface area contributed by atoms with Gasteiger partial charge in [-0.15, -0.1) is 0 Å². The molecule has 2 aromatic heterocycles. The van der Waals surface area contributed by atoms with Gasteiger partial charge in [-0.2, -0.15) is 5.10 Å². The van der Waals surface area contributed by atoms with Gasteiger partial charge in [-0.05, 0) is 26.0 Å². The maximum Gasteiger partial charge on any atom is 0.123 e. The van der Waals surface area contributed by atoms with Crippen LogP contribution in [0, 0.1) is 0 Å². The van der Waals surface area contributed by atoms with Gasteiger partial charge in [-0.3, -0.25) is 4.68 Å². The molecule has 1 fully saturated rings. The average molecular weight is 259 g/mol. The number of aromatic amines is 1. The monoisotopic (exact) mass is 259 g/mol. The summed E-state index contributed by atoms with van der Waals surface area (Å²) in [5.41, 5.74) is 1.13. The van der Waals surface area contributed by atoms with E-state index in [0.29, 0.717) is 6.04 Å². The van der Waals surface area contributed by atoms with Crippen LogP contribution in [0.5, 0.6) is 0 Å². The van der Waals surface area contributed by atoms with E-state index in [9.17, 15) is 0 Å². The fourth-order valence-electron chi connectivity index (χ4n) is 2.87. The van der Waals surface area contributed by atoms with Crippen molar-refractivity contribution in [1.29, 1.82) is 0 Å². The lowest BCUT2D eigenvalue weighted by Gasteiger charge is -2.12. The quantitative estimate of drug-likeness (QED) is 0.865. The van der Waals surface area contributed by atoms with E-state index < -0.39 is 0 Å². The zero-order valence-electron chi connectivity index (χ0n) is 11.3. The molecular formula is C14H21N5. The molecule has 2 N–H and O–H groups in total. The molecule has 0 bridgehead atoms. The molecular weight excluding hydrogens is 238 g/mol. The van der Waals surface area contributed by atoms with Crippen molar-refractivity contribution in [2.24, 2.45) is 0 Å². The van der Waals surface area contributed by atoms with E-state index in [1.54, 1.807) is 6.20 Å². The van der Waals surface area contributed by atoms with Crippen LogP contribution in [0.4, 0.5) is 0 Å². The molecule has 19 heavy (non-hydrogen) atoms. The zero-order chi connectivity index (χ0) is 13.1. The van der Waals surface area contributed by atoms with Gasteiger partial charge in [0.05, 0.1) is 17.8 Å². The molecule has 1 aliphatic carbocycles. The number of hydrogen-bond acceptors (Lipinski definition) is 3. The van der Waals surface area contributed by atoms with E-state index in [-0.39, 0.29) is 6.04 Å². The minimum absolute atomic E-state index is 0.196. The minimum Gasteiger partial charge on any atom is -0.347 e. The third kappa shape index (κ3) is 2.71. The van der Waals surface area contributed by atoms with Crippen molar-refractivity contribution in [2.45, 2.75) is 44.2 Å². The van der Waals surface area contributed by atoms with Crippen LogP contribution in [0.25, 0.3) is 0 Å². The van der Waals surface area contributed by atoms with E-state index in [1.807, 2.05) is 13.2 Å². The summed E-state index contributed by atoms with van der Waals surface area (Å²) in [4.78, 5) is 7.48. The van der Waals surface area contributed by atoms with Crippen molar-refractivity contribution in [1.82, 2.24) is 25.1 Å². The van der Waals surface area contributed by atoms with Crippen LogP contribution in [-0.2, 0) is 6.42 Å². The van der Waals surface area contributed by atoms with E-state index in [1.165, 1.54) is 25.7 Å². The lowest BCUT2D eigenvalue weighted by Crippen LogP contribution is -2.20. The fraction of sp³-hybridized carbons (Fsp3) is 0.571. The Balaban J connectivity index is 1.69. The number of nitrogens with zero attached hydrogens (tertiary/aromatic N) is 3. The second kappa shape index (κ2) is 5.57. The van der Waals surface area contributed by atoms with Gasteiger partial charge in [0.15, 0.2) is 0 Å². The topological polar surface area (TPSA) is 58.5 Å². The summed E-state index contributed by atoms with van der Waals surface area (Å²) in [6.45, 7) is 0. The maximum absolute atomic E-state index is 4.72. The molecule has 3 rings (SSSR count). The van der Waals surface area contributed by atoms with Crippen molar-refractivity contribution in [2.75, 3.05) is 7.05 Å². The number of likely N-dealkylation sites (N-methyl/N-ethyl adjacent to an activating group) is 1. The summed E-state index contributed by atoms with van der Waals surface area (Å²) in [6.07, 6.45) is 11.9. The first kappa shape index (κ1) is 12.4. The molecule has 0 aliphatic heterocycles. The molecule has 0 spiro atoms. The minimum atomic E-state index is 0.196. The van der Waals surface area contributed by atoms with E-state index >= 15 is 0 Å². The van der Waals surface area contributed by atoms with Crippen LogP contribution < -0.4 is 5.32 Å². The lowest BCUT2D eigenvalue weighted by atomic mass is 10.1. The molecule has 5 nitrogen and oxygen atoms in total.